The van der Waals surface area contributed by atoms with E-state index in [1.54, 1.807) is 11.8 Å². The smallest absolute Gasteiger partial charge is 0.191 e. The zero-order chi connectivity index (χ0) is 14.7. The van der Waals surface area contributed by atoms with Crippen molar-refractivity contribution in [1.29, 1.82) is 0 Å². The van der Waals surface area contributed by atoms with Crippen LogP contribution in [0.5, 0.6) is 0 Å². The molecule has 3 rings (SSSR count). The van der Waals surface area contributed by atoms with Crippen LogP contribution in [0.25, 0.3) is 0 Å². The van der Waals surface area contributed by atoms with Crippen molar-refractivity contribution >= 4 is 11.8 Å². The molecule has 0 aliphatic carbocycles. The molecule has 21 heavy (non-hydrogen) atoms. The van der Waals surface area contributed by atoms with Crippen molar-refractivity contribution in [3.8, 4) is 0 Å². The number of hydrogen-bond acceptors (Lipinski definition) is 5. The number of rotatable bonds is 4. The van der Waals surface area contributed by atoms with Crippen molar-refractivity contribution in [1.82, 2.24) is 19.7 Å². The van der Waals surface area contributed by atoms with E-state index in [2.05, 4.69) is 19.7 Å². The lowest BCUT2D eigenvalue weighted by atomic mass is 10.1. The summed E-state index contributed by atoms with van der Waals surface area (Å²) in [6.07, 6.45) is 8.35. The van der Waals surface area contributed by atoms with E-state index in [4.69, 9.17) is 5.73 Å². The SMILES string of the molecule is CC(N)C(Sc1nnc2n1CCCCC2)c1ccncc1. The van der Waals surface area contributed by atoms with Gasteiger partial charge in [-0.15, -0.1) is 10.2 Å². The molecular weight excluding hydrogens is 282 g/mol. The minimum Gasteiger partial charge on any atom is -0.327 e. The molecule has 2 N–H and O–H groups in total. The fourth-order valence-electron chi connectivity index (χ4n) is 2.69. The Kier molecular flexibility index (Phi) is 4.55. The van der Waals surface area contributed by atoms with Crippen LogP contribution in [0.15, 0.2) is 29.7 Å². The maximum absolute atomic E-state index is 6.19. The maximum Gasteiger partial charge on any atom is 0.191 e. The predicted octanol–water partition coefficient (Wildman–Crippen LogP) is 2.58. The number of aryl methyl sites for hydroxylation is 1. The number of nitrogens with two attached hydrogens (primary N) is 1. The zero-order valence-corrected chi connectivity index (χ0v) is 13.1. The molecule has 2 atom stereocenters. The van der Waals surface area contributed by atoms with Gasteiger partial charge in [-0.1, -0.05) is 18.2 Å². The Bertz CT molecular complexity index is 581. The standard InChI is InChI=1S/C15H21N5S/c1-11(16)14(12-6-8-17-9-7-12)21-15-19-18-13-5-3-2-4-10-20(13)15/h6-9,11,14H,2-5,10,16H2,1H3. The largest absolute Gasteiger partial charge is 0.327 e. The van der Waals surface area contributed by atoms with E-state index in [1.807, 2.05) is 31.5 Å². The average molecular weight is 303 g/mol. The van der Waals surface area contributed by atoms with Gasteiger partial charge in [0.05, 0.1) is 5.25 Å². The molecule has 2 aromatic rings. The Morgan fingerprint density at radius 1 is 1.19 bits per heavy atom. The van der Waals surface area contributed by atoms with Gasteiger partial charge in [0, 0.05) is 31.4 Å². The number of nitrogens with zero attached hydrogens (tertiary/aromatic N) is 4. The summed E-state index contributed by atoms with van der Waals surface area (Å²) in [7, 11) is 0. The molecule has 5 nitrogen and oxygen atoms in total. The first-order valence-electron chi connectivity index (χ1n) is 7.50. The van der Waals surface area contributed by atoms with Crippen LogP contribution in [0.3, 0.4) is 0 Å². The third-order valence-corrected chi connectivity index (χ3v) is 5.29. The zero-order valence-electron chi connectivity index (χ0n) is 12.3. The van der Waals surface area contributed by atoms with Gasteiger partial charge in [0.15, 0.2) is 5.16 Å². The number of pyridine rings is 1. The summed E-state index contributed by atoms with van der Waals surface area (Å²) in [5.74, 6) is 1.12. The first-order chi connectivity index (χ1) is 10.3. The Morgan fingerprint density at radius 2 is 2.00 bits per heavy atom. The molecule has 0 spiro atoms. The van der Waals surface area contributed by atoms with Crippen LogP contribution in [-0.4, -0.2) is 25.8 Å². The highest BCUT2D eigenvalue weighted by Gasteiger charge is 2.23. The minimum absolute atomic E-state index is 0.0381. The molecule has 2 aromatic heterocycles. The lowest BCUT2D eigenvalue weighted by molar-refractivity contribution is 0.588. The van der Waals surface area contributed by atoms with E-state index in [9.17, 15) is 0 Å². The summed E-state index contributed by atoms with van der Waals surface area (Å²) < 4.78 is 2.27. The summed E-state index contributed by atoms with van der Waals surface area (Å²) in [5, 5.41) is 9.92. The number of hydrogen-bond donors (Lipinski definition) is 1. The van der Waals surface area contributed by atoms with Gasteiger partial charge >= 0.3 is 0 Å². The molecule has 0 fully saturated rings. The van der Waals surface area contributed by atoms with E-state index in [0.717, 1.165) is 23.9 Å². The van der Waals surface area contributed by atoms with Crippen LogP contribution in [0, 0.1) is 0 Å². The van der Waals surface area contributed by atoms with Gasteiger partial charge in [0.1, 0.15) is 5.82 Å². The molecule has 3 heterocycles. The highest BCUT2D eigenvalue weighted by Crippen LogP contribution is 2.36. The summed E-state index contributed by atoms with van der Waals surface area (Å²) in [6, 6.07) is 4.10. The van der Waals surface area contributed by atoms with E-state index < -0.39 is 0 Å². The minimum atomic E-state index is 0.0381. The number of fused-ring (bicyclic) bond motifs is 1. The van der Waals surface area contributed by atoms with Gasteiger partial charge in [-0.25, -0.2) is 0 Å². The maximum atomic E-state index is 6.19. The van der Waals surface area contributed by atoms with Crippen molar-refractivity contribution in [2.75, 3.05) is 0 Å². The third kappa shape index (κ3) is 3.27. The quantitative estimate of drug-likeness (QED) is 0.879. The Morgan fingerprint density at radius 3 is 2.76 bits per heavy atom. The predicted molar refractivity (Wildman–Crippen MR) is 84.1 cm³/mol. The molecule has 0 saturated carbocycles. The molecule has 0 aromatic carbocycles. The van der Waals surface area contributed by atoms with Gasteiger partial charge in [0.25, 0.3) is 0 Å². The highest BCUT2D eigenvalue weighted by molar-refractivity contribution is 7.99. The van der Waals surface area contributed by atoms with Crippen molar-refractivity contribution in [2.45, 2.75) is 55.6 Å². The fourth-order valence-corrected chi connectivity index (χ4v) is 3.84. The summed E-state index contributed by atoms with van der Waals surface area (Å²) >= 11 is 1.72. The van der Waals surface area contributed by atoms with E-state index in [-0.39, 0.29) is 11.3 Å². The van der Waals surface area contributed by atoms with Gasteiger partial charge < -0.3 is 10.3 Å². The van der Waals surface area contributed by atoms with Crippen molar-refractivity contribution in [3.05, 3.63) is 35.9 Å². The van der Waals surface area contributed by atoms with Crippen LogP contribution in [-0.2, 0) is 13.0 Å². The van der Waals surface area contributed by atoms with Gasteiger partial charge in [-0.2, -0.15) is 0 Å². The van der Waals surface area contributed by atoms with Gasteiger partial charge in [-0.05, 0) is 37.5 Å². The van der Waals surface area contributed by atoms with E-state index in [1.165, 1.54) is 24.8 Å². The second-order valence-corrected chi connectivity index (χ2v) is 6.65. The van der Waals surface area contributed by atoms with Crippen molar-refractivity contribution in [3.63, 3.8) is 0 Å². The molecular formula is C15H21N5S. The summed E-state index contributed by atoms with van der Waals surface area (Å²) in [5.41, 5.74) is 7.38. The number of thioether (sulfide) groups is 1. The molecule has 1 aliphatic rings. The average Bonchev–Trinajstić information content (AvgIpc) is 2.72. The monoisotopic (exact) mass is 303 g/mol. The lowest BCUT2D eigenvalue weighted by Crippen LogP contribution is -2.23. The van der Waals surface area contributed by atoms with E-state index >= 15 is 0 Å². The van der Waals surface area contributed by atoms with E-state index in [0.29, 0.717) is 0 Å². The van der Waals surface area contributed by atoms with Gasteiger partial charge in [0.2, 0.25) is 0 Å². The molecule has 0 bridgehead atoms. The summed E-state index contributed by atoms with van der Waals surface area (Å²) in [4.78, 5) is 4.08. The molecule has 6 heteroatoms. The second-order valence-electron chi connectivity index (χ2n) is 5.54. The van der Waals surface area contributed by atoms with Crippen LogP contribution < -0.4 is 5.73 Å². The molecule has 0 amide bonds. The van der Waals surface area contributed by atoms with Crippen LogP contribution in [0.2, 0.25) is 0 Å². The molecule has 112 valence electrons. The first-order valence-corrected chi connectivity index (χ1v) is 8.38. The number of aromatic nitrogens is 4. The van der Waals surface area contributed by atoms with Crippen molar-refractivity contribution < 1.29 is 0 Å². The van der Waals surface area contributed by atoms with Crippen LogP contribution in [0.4, 0.5) is 0 Å². The lowest BCUT2D eigenvalue weighted by Gasteiger charge is -2.20. The highest BCUT2D eigenvalue weighted by atomic mass is 32.2. The molecule has 1 aliphatic heterocycles. The Balaban J connectivity index is 1.85. The Hall–Kier alpha value is -1.40. The van der Waals surface area contributed by atoms with Crippen molar-refractivity contribution in [2.24, 2.45) is 5.73 Å². The summed E-state index contributed by atoms with van der Waals surface area (Å²) in [6.45, 7) is 3.06. The second kappa shape index (κ2) is 6.58. The fraction of sp³-hybridized carbons (Fsp3) is 0.533. The molecule has 0 saturated heterocycles. The normalized spacial score (nSPS) is 17.8. The first kappa shape index (κ1) is 14.5. The topological polar surface area (TPSA) is 69.6 Å². The van der Waals surface area contributed by atoms with Crippen LogP contribution >= 0.6 is 11.8 Å². The van der Waals surface area contributed by atoms with Gasteiger partial charge in [-0.3, -0.25) is 4.98 Å². The Labute approximate surface area is 129 Å². The molecule has 0 radical (unpaired) electrons. The van der Waals surface area contributed by atoms with Crippen LogP contribution in [0.1, 0.15) is 42.8 Å². The molecule has 2 unspecified atom stereocenters. The third-order valence-electron chi connectivity index (χ3n) is 3.82.